The molecular weight excluding hydrogens is 441 g/mol. The number of benzene rings is 2. The van der Waals surface area contributed by atoms with Crippen LogP contribution in [0.5, 0.6) is 0 Å². The minimum atomic E-state index is -4.16. The van der Waals surface area contributed by atoms with E-state index in [2.05, 4.69) is 4.72 Å². The van der Waals surface area contributed by atoms with Gasteiger partial charge < -0.3 is 10.2 Å². The maximum Gasteiger partial charge on any atom is 0.371 e. The number of hydrogen-bond donors (Lipinski definition) is 3. The van der Waals surface area contributed by atoms with Gasteiger partial charge in [-0.15, -0.1) is 0 Å². The highest BCUT2D eigenvalue weighted by atomic mass is 35.5. The number of carbonyl (C=O) groups excluding carboxylic acids is 1. The summed E-state index contributed by atoms with van der Waals surface area (Å²) in [6.45, 7) is 0. The van der Waals surface area contributed by atoms with Crippen LogP contribution in [0, 0.1) is 0 Å². The molecule has 0 amide bonds. The Labute approximate surface area is 168 Å². The molecule has 0 aliphatic rings. The Bertz CT molecular complexity index is 1070. The number of carbonyl (C=O) groups is 2. The molecule has 3 N–H and O–H groups in total. The zero-order valence-corrected chi connectivity index (χ0v) is 16.2. The van der Waals surface area contributed by atoms with Gasteiger partial charge in [-0.2, -0.15) is 0 Å². The highest BCUT2D eigenvalue weighted by Crippen LogP contribution is 2.32. The van der Waals surface area contributed by atoms with E-state index in [1.165, 1.54) is 24.3 Å². The molecule has 0 aliphatic heterocycles. The van der Waals surface area contributed by atoms with Gasteiger partial charge in [0, 0.05) is 17.3 Å². The quantitative estimate of drug-likeness (QED) is 0.263. The van der Waals surface area contributed by atoms with Crippen molar-refractivity contribution in [3.63, 3.8) is 0 Å². The molecule has 0 saturated heterocycles. The number of halogens is 3. The zero-order chi connectivity index (χ0) is 20.4. The molecule has 0 saturated carbocycles. The summed E-state index contributed by atoms with van der Waals surface area (Å²) in [7, 11) is -4.16. The standard InChI is InChI=1S/C16H10Cl3NO6S/c17-10-5-12(19)15(6-11(10)18)27(25,26)20-9-3-1-2-8(4-9)13(21)7-14(22)16(23)24/h1-7,20,22H,(H,23,24)/b14-7-. The smallest absolute Gasteiger partial charge is 0.371 e. The van der Waals surface area contributed by atoms with E-state index in [0.717, 1.165) is 12.1 Å². The van der Waals surface area contributed by atoms with Crippen molar-refractivity contribution < 1.29 is 28.2 Å². The van der Waals surface area contributed by atoms with Crippen molar-refractivity contribution >= 4 is 62.3 Å². The molecule has 2 rings (SSSR count). The lowest BCUT2D eigenvalue weighted by atomic mass is 10.1. The number of aliphatic carboxylic acids is 1. The van der Waals surface area contributed by atoms with Crippen LogP contribution in [0.1, 0.15) is 10.4 Å². The van der Waals surface area contributed by atoms with Gasteiger partial charge in [-0.25, -0.2) is 13.2 Å². The van der Waals surface area contributed by atoms with Crippen molar-refractivity contribution in [3.05, 3.63) is 68.9 Å². The number of carboxylic acids is 1. The molecule has 142 valence electrons. The highest BCUT2D eigenvalue weighted by molar-refractivity contribution is 7.92. The normalized spacial score (nSPS) is 11.9. The number of aliphatic hydroxyl groups is 1. The molecule has 0 spiro atoms. The van der Waals surface area contributed by atoms with E-state index >= 15 is 0 Å². The second-order valence-electron chi connectivity index (χ2n) is 5.08. The minimum Gasteiger partial charge on any atom is -0.502 e. The molecule has 27 heavy (non-hydrogen) atoms. The number of anilines is 1. The Kier molecular flexibility index (Phi) is 6.38. The number of allylic oxidation sites excluding steroid dienone is 1. The van der Waals surface area contributed by atoms with E-state index in [1.807, 2.05) is 0 Å². The van der Waals surface area contributed by atoms with E-state index in [-0.39, 0.29) is 31.2 Å². The molecule has 7 nitrogen and oxygen atoms in total. The fraction of sp³-hybridized carbons (Fsp3) is 0. The first-order valence-electron chi connectivity index (χ1n) is 6.97. The average Bonchev–Trinajstić information content (AvgIpc) is 2.57. The Morgan fingerprint density at radius 2 is 1.59 bits per heavy atom. The van der Waals surface area contributed by atoms with Gasteiger partial charge in [0.05, 0.1) is 15.1 Å². The minimum absolute atomic E-state index is 0.00574. The molecular formula is C16H10Cl3NO6S. The van der Waals surface area contributed by atoms with Crippen molar-refractivity contribution in [2.45, 2.75) is 4.90 Å². The Morgan fingerprint density at radius 3 is 2.22 bits per heavy atom. The molecule has 0 aromatic heterocycles. The van der Waals surface area contributed by atoms with Crippen LogP contribution in [-0.2, 0) is 14.8 Å². The van der Waals surface area contributed by atoms with E-state index in [4.69, 9.17) is 45.0 Å². The van der Waals surface area contributed by atoms with Gasteiger partial charge in [0.1, 0.15) is 4.90 Å². The van der Waals surface area contributed by atoms with Crippen LogP contribution in [0.15, 0.2) is 53.1 Å². The molecule has 2 aromatic carbocycles. The predicted molar refractivity (Wildman–Crippen MR) is 101 cm³/mol. The number of aliphatic hydroxyl groups excluding tert-OH is 1. The number of hydrogen-bond acceptors (Lipinski definition) is 5. The third-order valence-corrected chi connectivity index (χ3v) is 5.72. The molecule has 0 unspecified atom stereocenters. The number of carboxylic acid groups (broad SMARTS) is 1. The summed E-state index contributed by atoms with van der Waals surface area (Å²) in [4.78, 5) is 22.2. The number of rotatable bonds is 6. The van der Waals surface area contributed by atoms with Crippen molar-refractivity contribution in [1.82, 2.24) is 0 Å². The van der Waals surface area contributed by atoms with Gasteiger partial charge in [-0.3, -0.25) is 9.52 Å². The molecule has 0 bridgehead atoms. The van der Waals surface area contributed by atoms with Crippen molar-refractivity contribution in [3.8, 4) is 0 Å². The molecule has 0 heterocycles. The fourth-order valence-electron chi connectivity index (χ4n) is 1.93. The van der Waals surface area contributed by atoms with Crippen LogP contribution in [0.3, 0.4) is 0 Å². The van der Waals surface area contributed by atoms with Crippen LogP contribution in [0.4, 0.5) is 5.69 Å². The lowest BCUT2D eigenvalue weighted by Crippen LogP contribution is -2.14. The van der Waals surface area contributed by atoms with Crippen LogP contribution in [0.25, 0.3) is 0 Å². The first-order chi connectivity index (χ1) is 12.5. The predicted octanol–water partition coefficient (Wildman–Crippen LogP) is 4.16. The van der Waals surface area contributed by atoms with Gasteiger partial charge in [-0.1, -0.05) is 46.9 Å². The van der Waals surface area contributed by atoms with Crippen molar-refractivity contribution in [2.24, 2.45) is 0 Å². The van der Waals surface area contributed by atoms with Gasteiger partial charge >= 0.3 is 5.97 Å². The van der Waals surface area contributed by atoms with Crippen LogP contribution in [0.2, 0.25) is 15.1 Å². The van der Waals surface area contributed by atoms with E-state index in [0.29, 0.717) is 6.08 Å². The molecule has 0 fully saturated rings. The average molecular weight is 451 g/mol. The van der Waals surface area contributed by atoms with Crippen molar-refractivity contribution in [1.29, 1.82) is 0 Å². The topological polar surface area (TPSA) is 121 Å². The van der Waals surface area contributed by atoms with Gasteiger partial charge in [-0.05, 0) is 24.3 Å². The molecule has 2 aromatic rings. The molecule has 0 atom stereocenters. The van der Waals surface area contributed by atoms with Crippen LogP contribution < -0.4 is 4.72 Å². The monoisotopic (exact) mass is 449 g/mol. The second kappa shape index (κ2) is 8.18. The maximum atomic E-state index is 12.5. The molecule has 0 aliphatic carbocycles. The summed E-state index contributed by atoms with van der Waals surface area (Å²) in [5, 5.41) is 17.6. The zero-order valence-electron chi connectivity index (χ0n) is 13.1. The lowest BCUT2D eigenvalue weighted by Gasteiger charge is -2.11. The Morgan fingerprint density at radius 1 is 0.963 bits per heavy atom. The Balaban J connectivity index is 2.36. The first kappa shape index (κ1) is 21.0. The van der Waals surface area contributed by atoms with Gasteiger partial charge in [0.2, 0.25) is 5.76 Å². The fourth-order valence-corrected chi connectivity index (χ4v) is 3.98. The number of sulfonamides is 1. The summed E-state index contributed by atoms with van der Waals surface area (Å²) >= 11 is 17.5. The largest absolute Gasteiger partial charge is 0.502 e. The van der Waals surface area contributed by atoms with Gasteiger partial charge in [0.15, 0.2) is 5.78 Å². The van der Waals surface area contributed by atoms with E-state index in [1.54, 1.807) is 0 Å². The SMILES string of the molecule is O=C(O)/C(O)=C/C(=O)c1cccc(NS(=O)(=O)c2cc(Cl)c(Cl)cc2Cl)c1. The van der Waals surface area contributed by atoms with Crippen LogP contribution >= 0.6 is 34.8 Å². The second-order valence-corrected chi connectivity index (χ2v) is 7.95. The molecule has 0 radical (unpaired) electrons. The van der Waals surface area contributed by atoms with Crippen molar-refractivity contribution in [2.75, 3.05) is 4.72 Å². The summed E-state index contributed by atoms with van der Waals surface area (Å²) in [6.07, 6.45) is 0.506. The Hall–Kier alpha value is -2.26. The summed E-state index contributed by atoms with van der Waals surface area (Å²) in [5.41, 5.74) is -0.0468. The first-order valence-corrected chi connectivity index (χ1v) is 9.58. The van der Waals surface area contributed by atoms with E-state index in [9.17, 15) is 18.0 Å². The third-order valence-electron chi connectivity index (χ3n) is 3.15. The summed E-state index contributed by atoms with van der Waals surface area (Å²) < 4.78 is 27.3. The van der Waals surface area contributed by atoms with E-state index < -0.39 is 27.5 Å². The molecule has 11 heteroatoms. The number of nitrogens with one attached hydrogen (secondary N) is 1. The maximum absolute atomic E-state index is 12.5. The third kappa shape index (κ3) is 5.14. The highest BCUT2D eigenvalue weighted by Gasteiger charge is 2.20. The van der Waals surface area contributed by atoms with Gasteiger partial charge in [0.25, 0.3) is 10.0 Å². The lowest BCUT2D eigenvalue weighted by molar-refractivity contribution is -0.135. The summed E-state index contributed by atoms with van der Waals surface area (Å²) in [5.74, 6) is -3.65. The van der Waals surface area contributed by atoms with Crippen LogP contribution in [-0.4, -0.2) is 30.4 Å². The summed E-state index contributed by atoms with van der Waals surface area (Å²) in [6, 6.07) is 7.47. The number of ketones is 1.